The maximum absolute atomic E-state index is 14.3. The van der Waals surface area contributed by atoms with Crippen LogP contribution in [0.1, 0.15) is 34.8 Å². The number of nitrogens with zero attached hydrogens (tertiary/aromatic N) is 2. The molecule has 2 N–H and O–H groups in total. The first kappa shape index (κ1) is 17.4. The van der Waals surface area contributed by atoms with Crippen LogP contribution in [0.15, 0.2) is 52.8 Å². The Morgan fingerprint density at radius 1 is 1.19 bits per heavy atom. The van der Waals surface area contributed by atoms with Gasteiger partial charge in [-0.25, -0.2) is 14.2 Å². The van der Waals surface area contributed by atoms with E-state index in [2.05, 4.69) is 10.3 Å². The zero-order valence-electron chi connectivity index (χ0n) is 14.7. The van der Waals surface area contributed by atoms with Crippen molar-refractivity contribution >= 4 is 28.8 Å². The maximum atomic E-state index is 14.3. The van der Waals surface area contributed by atoms with Gasteiger partial charge in [-0.1, -0.05) is 24.3 Å². The molecule has 7 heteroatoms. The van der Waals surface area contributed by atoms with Crippen molar-refractivity contribution in [3.8, 4) is 11.3 Å². The molecule has 1 aromatic heterocycles. The van der Waals surface area contributed by atoms with Crippen LogP contribution in [-0.4, -0.2) is 21.9 Å². The molecule has 0 saturated carbocycles. The number of nitrogens with one attached hydrogen (secondary N) is 1. The summed E-state index contributed by atoms with van der Waals surface area (Å²) in [6.07, 6.45) is 0. The standard InChI is InChI=1S/C20H16FN3O2S/c1-20(2)13-4-3-5-14(21)16(13)23-17(24-20)18-22-15(10-27-18)11-6-8-12(9-7-11)19(25)26/h3-10H,1-2H3,(H,23,24)(H,25,26). The molecule has 0 bridgehead atoms. The summed E-state index contributed by atoms with van der Waals surface area (Å²) >= 11 is 1.40. The Balaban J connectivity index is 1.68. The van der Waals surface area contributed by atoms with Gasteiger partial charge in [0, 0.05) is 16.5 Å². The van der Waals surface area contributed by atoms with Crippen LogP contribution in [0.2, 0.25) is 0 Å². The molecule has 0 fully saturated rings. The smallest absolute Gasteiger partial charge is 0.335 e. The van der Waals surface area contributed by atoms with Gasteiger partial charge in [0.05, 0.1) is 22.5 Å². The molecule has 0 atom stereocenters. The Hall–Kier alpha value is -3.06. The van der Waals surface area contributed by atoms with Crippen molar-refractivity contribution in [2.45, 2.75) is 19.4 Å². The van der Waals surface area contributed by atoms with Crippen molar-refractivity contribution in [1.82, 2.24) is 4.98 Å². The summed E-state index contributed by atoms with van der Waals surface area (Å²) in [4.78, 5) is 20.3. The van der Waals surface area contributed by atoms with Gasteiger partial charge in [0.1, 0.15) is 5.82 Å². The molecule has 2 heterocycles. The SMILES string of the molecule is CC1(C)N=C(c2nc(-c3ccc(C(=O)O)cc3)cs2)Nc2c(F)cccc21. The van der Waals surface area contributed by atoms with Gasteiger partial charge in [0.2, 0.25) is 0 Å². The van der Waals surface area contributed by atoms with Crippen LogP contribution in [0.25, 0.3) is 11.3 Å². The van der Waals surface area contributed by atoms with Crippen LogP contribution in [-0.2, 0) is 5.54 Å². The number of aliphatic imine (C=N–C) groups is 1. The molecule has 0 aliphatic carbocycles. The molecule has 5 nitrogen and oxygen atoms in total. The molecule has 1 aliphatic rings. The fourth-order valence-electron chi connectivity index (χ4n) is 3.05. The maximum Gasteiger partial charge on any atom is 0.335 e. The summed E-state index contributed by atoms with van der Waals surface area (Å²) in [5.74, 6) is -0.769. The van der Waals surface area contributed by atoms with Crippen molar-refractivity contribution in [3.05, 3.63) is 69.8 Å². The van der Waals surface area contributed by atoms with Gasteiger partial charge in [-0.15, -0.1) is 11.3 Å². The first-order valence-electron chi connectivity index (χ1n) is 8.31. The van der Waals surface area contributed by atoms with Crippen molar-refractivity contribution in [1.29, 1.82) is 0 Å². The van der Waals surface area contributed by atoms with Crippen molar-refractivity contribution in [2.24, 2.45) is 4.99 Å². The highest BCUT2D eigenvalue weighted by molar-refractivity contribution is 7.12. The van der Waals surface area contributed by atoms with E-state index in [0.717, 1.165) is 11.1 Å². The number of anilines is 1. The van der Waals surface area contributed by atoms with Gasteiger partial charge in [-0.2, -0.15) is 0 Å². The zero-order chi connectivity index (χ0) is 19.2. The highest BCUT2D eigenvalue weighted by atomic mass is 32.1. The number of thiazole rings is 1. The Bertz CT molecular complexity index is 1070. The van der Waals surface area contributed by atoms with E-state index in [9.17, 15) is 9.18 Å². The Labute approximate surface area is 159 Å². The van der Waals surface area contributed by atoms with Crippen LogP contribution in [0.3, 0.4) is 0 Å². The number of carboxylic acids is 1. The number of fused-ring (bicyclic) bond motifs is 1. The molecule has 0 spiro atoms. The molecule has 1 aliphatic heterocycles. The summed E-state index contributed by atoms with van der Waals surface area (Å²) in [6, 6.07) is 11.5. The van der Waals surface area contributed by atoms with Crippen molar-refractivity contribution < 1.29 is 14.3 Å². The summed E-state index contributed by atoms with van der Waals surface area (Å²) in [5.41, 5.74) is 2.40. The third kappa shape index (κ3) is 3.10. The lowest BCUT2D eigenvalue weighted by Crippen LogP contribution is -2.29. The van der Waals surface area contributed by atoms with Gasteiger partial charge >= 0.3 is 5.97 Å². The topological polar surface area (TPSA) is 74.6 Å². The lowest BCUT2D eigenvalue weighted by molar-refractivity contribution is 0.0697. The molecule has 4 rings (SSSR count). The van der Waals surface area contributed by atoms with Crippen LogP contribution in [0.4, 0.5) is 10.1 Å². The second-order valence-corrected chi connectivity index (χ2v) is 7.59. The first-order valence-corrected chi connectivity index (χ1v) is 9.18. The second-order valence-electron chi connectivity index (χ2n) is 6.73. The van der Waals surface area contributed by atoms with Gasteiger partial charge < -0.3 is 10.4 Å². The minimum atomic E-state index is -0.968. The number of carbonyl (C=O) groups is 1. The number of amidine groups is 1. The highest BCUT2D eigenvalue weighted by Crippen LogP contribution is 2.37. The normalized spacial score (nSPS) is 14.9. The van der Waals surface area contributed by atoms with Crippen LogP contribution in [0.5, 0.6) is 0 Å². The number of rotatable bonds is 3. The predicted octanol–water partition coefficient (Wildman–Crippen LogP) is 4.75. The number of para-hydroxylation sites is 1. The van der Waals surface area contributed by atoms with E-state index in [1.54, 1.807) is 30.3 Å². The molecule has 0 unspecified atom stereocenters. The molecule has 0 amide bonds. The number of hydrogen-bond acceptors (Lipinski definition) is 5. The Kier molecular flexibility index (Phi) is 4.04. The van der Waals surface area contributed by atoms with E-state index in [-0.39, 0.29) is 11.4 Å². The predicted molar refractivity (Wildman–Crippen MR) is 104 cm³/mol. The van der Waals surface area contributed by atoms with Crippen LogP contribution >= 0.6 is 11.3 Å². The average molecular weight is 381 g/mol. The van der Waals surface area contributed by atoms with Crippen molar-refractivity contribution in [2.75, 3.05) is 5.32 Å². The van der Waals surface area contributed by atoms with Crippen LogP contribution < -0.4 is 5.32 Å². The molecule has 27 heavy (non-hydrogen) atoms. The van der Waals surface area contributed by atoms with E-state index in [1.165, 1.54) is 17.4 Å². The molecular weight excluding hydrogens is 365 g/mol. The number of aromatic carboxylic acids is 1. The Morgan fingerprint density at radius 2 is 1.93 bits per heavy atom. The lowest BCUT2D eigenvalue weighted by Gasteiger charge is -2.30. The number of carboxylic acid groups (broad SMARTS) is 1. The van der Waals surface area contributed by atoms with E-state index in [0.29, 0.717) is 22.2 Å². The van der Waals surface area contributed by atoms with Gasteiger partial charge in [0.15, 0.2) is 10.8 Å². The summed E-state index contributed by atoms with van der Waals surface area (Å²) in [5, 5.41) is 14.6. The summed E-state index contributed by atoms with van der Waals surface area (Å²) in [7, 11) is 0. The fraction of sp³-hybridized carbons (Fsp3) is 0.150. The quantitative estimate of drug-likeness (QED) is 0.686. The largest absolute Gasteiger partial charge is 0.478 e. The number of hydrogen-bond donors (Lipinski definition) is 2. The summed E-state index contributed by atoms with van der Waals surface area (Å²) in [6.45, 7) is 3.87. The third-order valence-electron chi connectivity index (χ3n) is 4.44. The average Bonchev–Trinajstić information content (AvgIpc) is 3.12. The van der Waals surface area contributed by atoms with Gasteiger partial charge in [-0.05, 0) is 32.0 Å². The van der Waals surface area contributed by atoms with Gasteiger partial charge in [0.25, 0.3) is 0 Å². The van der Waals surface area contributed by atoms with Gasteiger partial charge in [-0.3, -0.25) is 4.99 Å². The lowest BCUT2D eigenvalue weighted by atomic mass is 9.91. The fourth-order valence-corrected chi connectivity index (χ4v) is 3.82. The highest BCUT2D eigenvalue weighted by Gasteiger charge is 2.31. The third-order valence-corrected chi connectivity index (χ3v) is 5.29. The van der Waals surface area contributed by atoms with Crippen LogP contribution in [0, 0.1) is 5.82 Å². The monoisotopic (exact) mass is 381 g/mol. The minimum absolute atomic E-state index is 0.223. The second kappa shape index (κ2) is 6.28. The zero-order valence-corrected chi connectivity index (χ0v) is 15.5. The van der Waals surface area contributed by atoms with E-state index < -0.39 is 11.5 Å². The Morgan fingerprint density at radius 3 is 2.63 bits per heavy atom. The number of aromatic nitrogens is 1. The van der Waals surface area contributed by atoms with Crippen molar-refractivity contribution in [3.63, 3.8) is 0 Å². The van der Waals surface area contributed by atoms with E-state index in [1.807, 2.05) is 25.3 Å². The number of benzene rings is 2. The molecule has 3 aromatic rings. The molecule has 136 valence electrons. The van der Waals surface area contributed by atoms with E-state index >= 15 is 0 Å². The number of halogens is 1. The minimum Gasteiger partial charge on any atom is -0.478 e. The summed E-state index contributed by atoms with van der Waals surface area (Å²) < 4.78 is 14.3. The molecular formula is C20H16FN3O2S. The molecule has 0 radical (unpaired) electrons. The molecule has 0 saturated heterocycles. The van der Waals surface area contributed by atoms with E-state index in [4.69, 9.17) is 10.1 Å². The first-order chi connectivity index (χ1) is 12.8. The molecule has 2 aromatic carbocycles.